The predicted octanol–water partition coefficient (Wildman–Crippen LogP) is 0.0124. The minimum absolute atomic E-state index is 0.195. The molecule has 0 rings (SSSR count). The summed E-state index contributed by atoms with van der Waals surface area (Å²) >= 11 is 0. The zero-order valence-electron chi connectivity index (χ0n) is 9.07. The largest absolute Gasteiger partial charge is 0.396 e. The van der Waals surface area contributed by atoms with Crippen LogP contribution in [0.1, 0.15) is 20.3 Å². The molecule has 0 aromatic heterocycles. The Labute approximate surface area is 85.5 Å². The first-order valence-electron chi connectivity index (χ1n) is 5.04. The summed E-state index contributed by atoms with van der Waals surface area (Å²) in [4.78, 5) is 0. The first-order chi connectivity index (χ1) is 6.64. The predicted molar refractivity (Wildman–Crippen MR) is 54.0 cm³/mol. The van der Waals surface area contributed by atoms with Gasteiger partial charge in [0, 0.05) is 6.61 Å². The molecule has 4 nitrogen and oxygen atoms in total. The highest BCUT2D eigenvalue weighted by molar-refractivity contribution is 4.76. The molecule has 0 unspecified atom stereocenters. The summed E-state index contributed by atoms with van der Waals surface area (Å²) < 4.78 is 5.34. The molecule has 86 valence electrons. The average Bonchev–Trinajstić information content (AvgIpc) is 2.25. The highest BCUT2D eigenvalue weighted by atomic mass is 16.5. The molecule has 0 aliphatic heterocycles. The van der Waals surface area contributed by atoms with Gasteiger partial charge in [-0.2, -0.15) is 0 Å². The quantitative estimate of drug-likeness (QED) is 0.523. The van der Waals surface area contributed by atoms with Crippen molar-refractivity contribution in [2.75, 3.05) is 33.0 Å². The summed E-state index contributed by atoms with van der Waals surface area (Å²) in [6, 6.07) is 0. The number of aliphatic hydroxyl groups is 3. The fourth-order valence-electron chi connectivity index (χ4n) is 0.881. The standard InChI is InChI=1S/C10H22O4/c1-3-9(2)4-14-8-10(5-11,6-12)7-13/h9,11-13H,3-8H2,1-2H3/t9-/m1/s1. The maximum Gasteiger partial charge on any atom is 0.0629 e. The van der Waals surface area contributed by atoms with Gasteiger partial charge in [-0.05, 0) is 5.92 Å². The number of hydrogen-bond donors (Lipinski definition) is 3. The van der Waals surface area contributed by atoms with Crippen LogP contribution >= 0.6 is 0 Å². The van der Waals surface area contributed by atoms with Crippen LogP contribution < -0.4 is 0 Å². The van der Waals surface area contributed by atoms with E-state index < -0.39 is 5.41 Å². The molecule has 4 heteroatoms. The molecule has 0 aromatic rings. The Hall–Kier alpha value is -0.160. The molecular weight excluding hydrogens is 184 g/mol. The number of aliphatic hydroxyl groups excluding tert-OH is 3. The normalized spacial score (nSPS) is 14.4. The van der Waals surface area contributed by atoms with Gasteiger partial charge in [-0.3, -0.25) is 0 Å². The third-order valence-electron chi connectivity index (χ3n) is 2.51. The van der Waals surface area contributed by atoms with E-state index in [0.29, 0.717) is 12.5 Å². The minimum Gasteiger partial charge on any atom is -0.396 e. The van der Waals surface area contributed by atoms with Gasteiger partial charge in [0.05, 0.1) is 31.8 Å². The summed E-state index contributed by atoms with van der Waals surface area (Å²) in [6.45, 7) is 4.14. The molecule has 0 aliphatic carbocycles. The van der Waals surface area contributed by atoms with Gasteiger partial charge >= 0.3 is 0 Å². The SMILES string of the molecule is CC[C@@H](C)COCC(CO)(CO)CO. The molecule has 0 saturated heterocycles. The molecule has 0 fully saturated rings. The molecule has 0 amide bonds. The fourth-order valence-corrected chi connectivity index (χ4v) is 0.881. The van der Waals surface area contributed by atoms with E-state index in [4.69, 9.17) is 20.1 Å². The van der Waals surface area contributed by atoms with Crippen LogP contribution in [-0.4, -0.2) is 48.4 Å². The Bertz CT molecular complexity index is 126. The van der Waals surface area contributed by atoms with Crippen LogP contribution in [0.5, 0.6) is 0 Å². The minimum atomic E-state index is -0.895. The second-order valence-electron chi connectivity index (χ2n) is 4.00. The molecule has 1 atom stereocenters. The first-order valence-corrected chi connectivity index (χ1v) is 5.04. The molecular formula is C10H22O4. The summed E-state index contributed by atoms with van der Waals surface area (Å²) in [5.41, 5.74) is -0.895. The highest BCUT2D eigenvalue weighted by Gasteiger charge is 2.28. The van der Waals surface area contributed by atoms with Gasteiger partial charge in [-0.15, -0.1) is 0 Å². The van der Waals surface area contributed by atoms with E-state index in [2.05, 4.69) is 13.8 Å². The number of hydrogen-bond acceptors (Lipinski definition) is 4. The van der Waals surface area contributed by atoms with E-state index in [1.54, 1.807) is 0 Å². The smallest absolute Gasteiger partial charge is 0.0629 e. The summed E-state index contributed by atoms with van der Waals surface area (Å²) in [6.07, 6.45) is 1.03. The van der Waals surface area contributed by atoms with Gasteiger partial charge in [0.1, 0.15) is 0 Å². The zero-order valence-corrected chi connectivity index (χ0v) is 9.07. The Morgan fingerprint density at radius 3 is 2.00 bits per heavy atom. The first kappa shape index (κ1) is 13.8. The number of rotatable bonds is 8. The van der Waals surface area contributed by atoms with Crippen molar-refractivity contribution in [2.24, 2.45) is 11.3 Å². The lowest BCUT2D eigenvalue weighted by Gasteiger charge is -2.27. The van der Waals surface area contributed by atoms with Crippen LogP contribution in [-0.2, 0) is 4.74 Å². The summed E-state index contributed by atoms with van der Waals surface area (Å²) in [5.74, 6) is 0.462. The van der Waals surface area contributed by atoms with Crippen molar-refractivity contribution in [1.82, 2.24) is 0 Å². The van der Waals surface area contributed by atoms with Gasteiger partial charge in [0.2, 0.25) is 0 Å². The van der Waals surface area contributed by atoms with Gasteiger partial charge in [0.25, 0.3) is 0 Å². The maximum atomic E-state index is 9.00. The maximum absolute atomic E-state index is 9.00. The van der Waals surface area contributed by atoms with Crippen LogP contribution in [0, 0.1) is 11.3 Å². The topological polar surface area (TPSA) is 69.9 Å². The van der Waals surface area contributed by atoms with E-state index in [1.807, 2.05) is 0 Å². The summed E-state index contributed by atoms with van der Waals surface area (Å²) in [5, 5.41) is 27.0. The van der Waals surface area contributed by atoms with E-state index in [-0.39, 0.29) is 26.4 Å². The molecule has 0 bridgehead atoms. The van der Waals surface area contributed by atoms with Crippen LogP contribution in [0.25, 0.3) is 0 Å². The van der Waals surface area contributed by atoms with Gasteiger partial charge in [-0.1, -0.05) is 20.3 Å². The van der Waals surface area contributed by atoms with Gasteiger partial charge in [0.15, 0.2) is 0 Å². The Kier molecular flexibility index (Phi) is 7.09. The van der Waals surface area contributed by atoms with Crippen LogP contribution in [0.15, 0.2) is 0 Å². The molecule has 3 N–H and O–H groups in total. The van der Waals surface area contributed by atoms with Crippen LogP contribution in [0.4, 0.5) is 0 Å². The van der Waals surface area contributed by atoms with Crippen molar-refractivity contribution >= 4 is 0 Å². The van der Waals surface area contributed by atoms with Crippen molar-refractivity contribution in [1.29, 1.82) is 0 Å². The molecule has 0 radical (unpaired) electrons. The fraction of sp³-hybridized carbons (Fsp3) is 1.00. The lowest BCUT2D eigenvalue weighted by atomic mass is 9.92. The Morgan fingerprint density at radius 2 is 1.64 bits per heavy atom. The molecule has 14 heavy (non-hydrogen) atoms. The van der Waals surface area contributed by atoms with E-state index >= 15 is 0 Å². The molecule has 0 aromatic carbocycles. The van der Waals surface area contributed by atoms with Crippen LogP contribution in [0.2, 0.25) is 0 Å². The zero-order chi connectivity index (χ0) is 11.0. The second-order valence-corrected chi connectivity index (χ2v) is 4.00. The van der Waals surface area contributed by atoms with Crippen molar-refractivity contribution in [3.05, 3.63) is 0 Å². The summed E-state index contributed by atoms with van der Waals surface area (Å²) in [7, 11) is 0. The molecule has 0 spiro atoms. The van der Waals surface area contributed by atoms with E-state index in [9.17, 15) is 0 Å². The molecule has 0 aliphatic rings. The van der Waals surface area contributed by atoms with Gasteiger partial charge in [-0.25, -0.2) is 0 Å². The third kappa shape index (κ3) is 4.37. The Balaban J connectivity index is 3.82. The third-order valence-corrected chi connectivity index (χ3v) is 2.51. The number of ether oxygens (including phenoxy) is 1. The average molecular weight is 206 g/mol. The lowest BCUT2D eigenvalue weighted by Crippen LogP contribution is -2.39. The van der Waals surface area contributed by atoms with Crippen molar-refractivity contribution in [3.63, 3.8) is 0 Å². The second kappa shape index (κ2) is 7.17. The monoisotopic (exact) mass is 206 g/mol. The van der Waals surface area contributed by atoms with E-state index in [0.717, 1.165) is 6.42 Å². The van der Waals surface area contributed by atoms with Gasteiger partial charge < -0.3 is 20.1 Å². The van der Waals surface area contributed by atoms with Crippen molar-refractivity contribution in [3.8, 4) is 0 Å². The van der Waals surface area contributed by atoms with E-state index in [1.165, 1.54) is 0 Å². The van der Waals surface area contributed by atoms with Crippen LogP contribution in [0.3, 0.4) is 0 Å². The molecule has 0 heterocycles. The van der Waals surface area contributed by atoms with Crippen molar-refractivity contribution in [2.45, 2.75) is 20.3 Å². The van der Waals surface area contributed by atoms with Crippen molar-refractivity contribution < 1.29 is 20.1 Å². The Morgan fingerprint density at radius 1 is 1.14 bits per heavy atom. The highest BCUT2D eigenvalue weighted by Crippen LogP contribution is 2.15. The molecule has 0 saturated carbocycles. The lowest BCUT2D eigenvalue weighted by molar-refractivity contribution is -0.0631.